The van der Waals surface area contributed by atoms with E-state index in [0.29, 0.717) is 6.42 Å². The molecule has 1 aliphatic rings. The van der Waals surface area contributed by atoms with E-state index < -0.39 is 0 Å². The van der Waals surface area contributed by atoms with Gasteiger partial charge in [-0.25, -0.2) is 0 Å². The molecule has 0 spiro atoms. The zero-order valence-electron chi connectivity index (χ0n) is 13.6. The zero-order valence-corrected chi connectivity index (χ0v) is 13.6. The van der Waals surface area contributed by atoms with Crippen LogP contribution in [0.25, 0.3) is 22.0 Å². The van der Waals surface area contributed by atoms with E-state index in [2.05, 4.69) is 26.7 Å². The minimum Gasteiger partial charge on any atom is -0.307 e. The molecule has 0 unspecified atom stereocenters. The van der Waals surface area contributed by atoms with E-state index in [1.165, 1.54) is 0 Å². The number of fused-ring (bicyclic) bond motifs is 1. The Balaban J connectivity index is 1.62. The Morgan fingerprint density at radius 3 is 2.96 bits per heavy atom. The van der Waals surface area contributed by atoms with E-state index >= 15 is 0 Å². The van der Waals surface area contributed by atoms with Crippen molar-refractivity contribution in [3.05, 3.63) is 42.4 Å². The van der Waals surface area contributed by atoms with Gasteiger partial charge in [0.1, 0.15) is 0 Å². The number of ketones is 1. The van der Waals surface area contributed by atoms with Crippen molar-refractivity contribution in [3.63, 3.8) is 0 Å². The number of benzene rings is 1. The van der Waals surface area contributed by atoms with Crippen molar-refractivity contribution < 1.29 is 4.79 Å². The molecule has 1 aliphatic heterocycles. The van der Waals surface area contributed by atoms with Crippen molar-refractivity contribution in [1.82, 2.24) is 25.3 Å². The third-order valence-electron chi connectivity index (χ3n) is 4.48. The number of carbonyl (C=O) groups excluding carboxylic acids is 1. The van der Waals surface area contributed by atoms with Gasteiger partial charge in [-0.1, -0.05) is 6.07 Å². The quantitative estimate of drug-likeness (QED) is 0.794. The van der Waals surface area contributed by atoms with Crippen LogP contribution in [0.2, 0.25) is 0 Å². The number of hydrogen-bond donors (Lipinski definition) is 1. The molecule has 0 amide bonds. The van der Waals surface area contributed by atoms with Crippen LogP contribution in [0.15, 0.2) is 36.7 Å². The van der Waals surface area contributed by atoms with Crippen LogP contribution in [0, 0.1) is 0 Å². The highest BCUT2D eigenvalue weighted by Crippen LogP contribution is 2.23. The average molecular weight is 321 g/mol. The molecule has 0 aliphatic carbocycles. The van der Waals surface area contributed by atoms with E-state index in [1.807, 2.05) is 37.6 Å². The Kier molecular flexibility index (Phi) is 3.82. The molecule has 0 bridgehead atoms. The summed E-state index contributed by atoms with van der Waals surface area (Å²) in [5.74, 6) is 0.199. The first kappa shape index (κ1) is 15.0. The number of aryl methyl sites for hydroxylation is 1. The molecule has 1 N–H and O–H groups in total. The molecule has 1 atom stereocenters. The fourth-order valence-electron chi connectivity index (χ4n) is 3.18. The van der Waals surface area contributed by atoms with Gasteiger partial charge in [0.2, 0.25) is 0 Å². The summed E-state index contributed by atoms with van der Waals surface area (Å²) in [4.78, 5) is 12.3. The van der Waals surface area contributed by atoms with Crippen LogP contribution < -0.4 is 5.32 Å². The lowest BCUT2D eigenvalue weighted by molar-refractivity contribution is -0.120. The summed E-state index contributed by atoms with van der Waals surface area (Å²) in [5, 5.41) is 16.9. The summed E-state index contributed by atoms with van der Waals surface area (Å²) < 4.78 is 1.78. The Bertz CT molecular complexity index is 895. The van der Waals surface area contributed by atoms with Crippen molar-refractivity contribution in [2.75, 3.05) is 6.54 Å². The van der Waals surface area contributed by atoms with Crippen LogP contribution in [0.1, 0.15) is 18.5 Å². The van der Waals surface area contributed by atoms with Gasteiger partial charge in [0.25, 0.3) is 0 Å². The van der Waals surface area contributed by atoms with Crippen LogP contribution in [-0.4, -0.2) is 38.3 Å². The first-order chi connectivity index (χ1) is 11.7. The molecule has 3 heterocycles. The van der Waals surface area contributed by atoms with Gasteiger partial charge < -0.3 is 5.32 Å². The van der Waals surface area contributed by atoms with Crippen LogP contribution in [0.5, 0.6) is 0 Å². The summed E-state index contributed by atoms with van der Waals surface area (Å²) >= 11 is 0. The molecular formula is C18H19N5O. The molecule has 3 aromatic rings. The number of aromatic nitrogens is 4. The minimum atomic E-state index is -0.0239. The molecular weight excluding hydrogens is 302 g/mol. The van der Waals surface area contributed by atoms with Gasteiger partial charge in [0, 0.05) is 24.2 Å². The maximum Gasteiger partial charge on any atom is 0.155 e. The SMILES string of the molecule is Cn1cc(-c2ccc3nnc(CC(=O)[C@H]4CCCN4)cc3c2)cn1. The Hall–Kier alpha value is -2.60. The second kappa shape index (κ2) is 6.13. The highest BCUT2D eigenvalue weighted by Gasteiger charge is 2.22. The van der Waals surface area contributed by atoms with Gasteiger partial charge in [-0.15, -0.1) is 0 Å². The van der Waals surface area contributed by atoms with Crippen molar-refractivity contribution in [2.24, 2.45) is 7.05 Å². The molecule has 6 nitrogen and oxygen atoms in total. The fourth-order valence-corrected chi connectivity index (χ4v) is 3.18. The lowest BCUT2D eigenvalue weighted by Gasteiger charge is -2.08. The lowest BCUT2D eigenvalue weighted by atomic mass is 10.0. The second-order valence-corrected chi connectivity index (χ2v) is 6.30. The van der Waals surface area contributed by atoms with Crippen LogP contribution >= 0.6 is 0 Å². The predicted octanol–water partition coefficient (Wildman–Crippen LogP) is 1.89. The molecule has 0 radical (unpaired) electrons. The highest BCUT2D eigenvalue weighted by molar-refractivity contribution is 5.88. The van der Waals surface area contributed by atoms with Crippen molar-refractivity contribution in [3.8, 4) is 11.1 Å². The third-order valence-corrected chi connectivity index (χ3v) is 4.48. The maximum absolute atomic E-state index is 12.3. The number of rotatable bonds is 4. The maximum atomic E-state index is 12.3. The normalized spacial score (nSPS) is 17.5. The summed E-state index contributed by atoms with van der Waals surface area (Å²) in [5.41, 5.74) is 3.70. The average Bonchev–Trinajstić information content (AvgIpc) is 3.25. The standard InChI is InChI=1S/C18H19N5O/c1-23-11-14(10-20-23)12-4-5-16-13(7-12)8-15(21-22-16)9-18(24)17-3-2-6-19-17/h4-5,7-8,10-11,17,19H,2-3,6,9H2,1H3/t17-/m1/s1. The molecule has 0 saturated carbocycles. The molecule has 1 saturated heterocycles. The van der Waals surface area contributed by atoms with Crippen molar-refractivity contribution in [1.29, 1.82) is 0 Å². The van der Waals surface area contributed by atoms with Crippen LogP contribution in [0.3, 0.4) is 0 Å². The molecule has 4 rings (SSSR count). The van der Waals surface area contributed by atoms with E-state index in [0.717, 1.165) is 47.1 Å². The van der Waals surface area contributed by atoms with E-state index in [1.54, 1.807) is 4.68 Å². The van der Waals surface area contributed by atoms with Gasteiger partial charge in [-0.3, -0.25) is 9.48 Å². The number of hydrogen-bond acceptors (Lipinski definition) is 5. The lowest BCUT2D eigenvalue weighted by Crippen LogP contribution is -2.32. The highest BCUT2D eigenvalue weighted by atomic mass is 16.1. The van der Waals surface area contributed by atoms with E-state index in [-0.39, 0.29) is 11.8 Å². The summed E-state index contributed by atoms with van der Waals surface area (Å²) in [6.45, 7) is 0.925. The molecule has 6 heteroatoms. The Morgan fingerprint density at radius 2 is 2.21 bits per heavy atom. The van der Waals surface area contributed by atoms with Gasteiger partial charge in [-0.05, 0) is 43.1 Å². The topological polar surface area (TPSA) is 72.7 Å². The Morgan fingerprint density at radius 1 is 1.29 bits per heavy atom. The summed E-state index contributed by atoms with van der Waals surface area (Å²) in [6.07, 6.45) is 6.13. The van der Waals surface area contributed by atoms with Gasteiger partial charge in [0.15, 0.2) is 5.78 Å². The van der Waals surface area contributed by atoms with E-state index in [9.17, 15) is 4.79 Å². The third kappa shape index (κ3) is 2.92. The summed E-state index contributed by atoms with van der Waals surface area (Å²) in [6, 6.07) is 7.98. The first-order valence-corrected chi connectivity index (χ1v) is 8.20. The summed E-state index contributed by atoms with van der Waals surface area (Å²) in [7, 11) is 1.90. The predicted molar refractivity (Wildman–Crippen MR) is 91.5 cm³/mol. The second-order valence-electron chi connectivity index (χ2n) is 6.30. The fraction of sp³-hybridized carbons (Fsp3) is 0.333. The largest absolute Gasteiger partial charge is 0.307 e. The molecule has 122 valence electrons. The van der Waals surface area contributed by atoms with Gasteiger partial charge in [-0.2, -0.15) is 15.3 Å². The molecule has 1 fully saturated rings. The number of nitrogens with one attached hydrogen (secondary N) is 1. The van der Waals surface area contributed by atoms with Crippen LogP contribution in [0.4, 0.5) is 0 Å². The number of nitrogens with zero attached hydrogens (tertiary/aromatic N) is 4. The van der Waals surface area contributed by atoms with Crippen molar-refractivity contribution >= 4 is 16.7 Å². The molecule has 2 aromatic heterocycles. The minimum absolute atomic E-state index is 0.0239. The molecule has 1 aromatic carbocycles. The molecule has 24 heavy (non-hydrogen) atoms. The van der Waals surface area contributed by atoms with Gasteiger partial charge in [0.05, 0.1) is 29.9 Å². The van der Waals surface area contributed by atoms with E-state index in [4.69, 9.17) is 0 Å². The Labute approximate surface area is 139 Å². The first-order valence-electron chi connectivity index (χ1n) is 8.20. The zero-order chi connectivity index (χ0) is 16.5. The smallest absolute Gasteiger partial charge is 0.155 e. The number of Topliss-reactive ketones (excluding diaryl/α,β-unsaturated/α-hetero) is 1. The van der Waals surface area contributed by atoms with Gasteiger partial charge >= 0.3 is 0 Å². The van der Waals surface area contributed by atoms with Crippen LogP contribution in [-0.2, 0) is 18.3 Å². The monoisotopic (exact) mass is 321 g/mol. The van der Waals surface area contributed by atoms with Crippen molar-refractivity contribution in [2.45, 2.75) is 25.3 Å². The number of carbonyl (C=O) groups is 1.